The summed E-state index contributed by atoms with van der Waals surface area (Å²) in [5, 5.41) is 3.47. The van der Waals surface area contributed by atoms with Gasteiger partial charge in [-0.05, 0) is 25.1 Å². The molecule has 0 atom stereocenters. The minimum atomic E-state index is 0.975. The lowest BCUT2D eigenvalue weighted by Crippen LogP contribution is -2.18. The zero-order valence-corrected chi connectivity index (χ0v) is 11.7. The Morgan fingerprint density at radius 3 is 2.76 bits per heavy atom. The highest BCUT2D eigenvalue weighted by molar-refractivity contribution is 7.99. The summed E-state index contributed by atoms with van der Waals surface area (Å²) in [6, 6.07) is 8.18. The van der Waals surface area contributed by atoms with Gasteiger partial charge in [0.2, 0.25) is 0 Å². The average Bonchev–Trinajstić information content (AvgIpc) is 2.38. The third-order valence-corrected chi connectivity index (χ3v) is 3.62. The second kappa shape index (κ2) is 9.37. The standard InChI is InChI=1S/C14H23NOS/c1-3-4-7-10-15-11-12-17-14-9-6-5-8-13(14)16-2/h5-6,8-9,15H,3-4,7,10-12H2,1-2H3. The zero-order valence-electron chi connectivity index (χ0n) is 10.9. The van der Waals surface area contributed by atoms with Crippen molar-refractivity contribution in [2.24, 2.45) is 0 Å². The quantitative estimate of drug-likeness (QED) is 0.537. The molecule has 0 spiro atoms. The molecule has 0 saturated heterocycles. The molecule has 0 aliphatic carbocycles. The molecule has 2 nitrogen and oxygen atoms in total. The Labute approximate surface area is 109 Å². The molecule has 0 radical (unpaired) electrons. The lowest BCUT2D eigenvalue weighted by atomic mass is 10.2. The summed E-state index contributed by atoms with van der Waals surface area (Å²) in [6.07, 6.45) is 3.90. The van der Waals surface area contributed by atoms with Crippen LogP contribution in [0, 0.1) is 0 Å². The molecule has 0 heterocycles. The predicted octanol–water partition coefficient (Wildman–Crippen LogP) is 3.57. The molecular formula is C14H23NOS. The van der Waals surface area contributed by atoms with Crippen molar-refractivity contribution < 1.29 is 4.74 Å². The average molecular weight is 253 g/mol. The van der Waals surface area contributed by atoms with Crippen LogP contribution >= 0.6 is 11.8 Å². The van der Waals surface area contributed by atoms with E-state index in [1.165, 1.54) is 24.2 Å². The molecule has 1 rings (SSSR count). The first kappa shape index (κ1) is 14.4. The van der Waals surface area contributed by atoms with E-state index in [4.69, 9.17) is 4.74 Å². The van der Waals surface area contributed by atoms with Crippen molar-refractivity contribution in [1.29, 1.82) is 0 Å². The van der Waals surface area contributed by atoms with E-state index in [1.54, 1.807) is 7.11 Å². The van der Waals surface area contributed by atoms with Gasteiger partial charge >= 0.3 is 0 Å². The Morgan fingerprint density at radius 2 is 2.00 bits per heavy atom. The summed E-state index contributed by atoms with van der Waals surface area (Å²) in [6.45, 7) is 4.43. The van der Waals surface area contributed by atoms with E-state index in [0.29, 0.717) is 0 Å². The number of hydrogen-bond acceptors (Lipinski definition) is 3. The van der Waals surface area contributed by atoms with Crippen molar-refractivity contribution in [2.75, 3.05) is 26.0 Å². The van der Waals surface area contributed by atoms with Gasteiger partial charge < -0.3 is 10.1 Å². The molecule has 17 heavy (non-hydrogen) atoms. The van der Waals surface area contributed by atoms with Gasteiger partial charge in [-0.25, -0.2) is 0 Å². The first-order valence-corrected chi connectivity index (χ1v) is 7.33. The molecule has 1 aromatic rings. The predicted molar refractivity (Wildman–Crippen MR) is 76.1 cm³/mol. The molecule has 0 aliphatic heterocycles. The van der Waals surface area contributed by atoms with Crippen LogP contribution in [-0.4, -0.2) is 26.0 Å². The van der Waals surface area contributed by atoms with Crippen LogP contribution in [0.1, 0.15) is 26.2 Å². The molecule has 0 bridgehead atoms. The molecule has 0 fully saturated rings. The smallest absolute Gasteiger partial charge is 0.132 e. The number of benzene rings is 1. The molecule has 0 amide bonds. The van der Waals surface area contributed by atoms with Crippen LogP contribution in [-0.2, 0) is 0 Å². The van der Waals surface area contributed by atoms with Gasteiger partial charge in [0.1, 0.15) is 5.75 Å². The molecule has 0 unspecified atom stereocenters. The number of hydrogen-bond donors (Lipinski definition) is 1. The number of methoxy groups -OCH3 is 1. The second-order valence-corrected chi connectivity index (χ2v) is 5.09. The van der Waals surface area contributed by atoms with E-state index in [1.807, 2.05) is 23.9 Å². The largest absolute Gasteiger partial charge is 0.496 e. The molecule has 96 valence electrons. The van der Waals surface area contributed by atoms with Crippen molar-refractivity contribution in [3.05, 3.63) is 24.3 Å². The molecule has 0 aromatic heterocycles. The highest BCUT2D eigenvalue weighted by Gasteiger charge is 2.00. The maximum atomic E-state index is 5.31. The molecule has 0 saturated carbocycles. The minimum absolute atomic E-state index is 0.975. The minimum Gasteiger partial charge on any atom is -0.496 e. The van der Waals surface area contributed by atoms with Gasteiger partial charge in [-0.15, -0.1) is 11.8 Å². The highest BCUT2D eigenvalue weighted by Crippen LogP contribution is 2.27. The fourth-order valence-corrected chi connectivity index (χ4v) is 2.53. The lowest BCUT2D eigenvalue weighted by Gasteiger charge is -2.08. The van der Waals surface area contributed by atoms with Crippen molar-refractivity contribution >= 4 is 11.8 Å². The normalized spacial score (nSPS) is 10.5. The molecular weight excluding hydrogens is 230 g/mol. The maximum Gasteiger partial charge on any atom is 0.132 e. The molecule has 1 N–H and O–H groups in total. The number of unbranched alkanes of at least 4 members (excludes halogenated alkanes) is 2. The van der Waals surface area contributed by atoms with Gasteiger partial charge in [-0.3, -0.25) is 0 Å². The molecule has 1 aromatic carbocycles. The van der Waals surface area contributed by atoms with Crippen LogP contribution in [0.25, 0.3) is 0 Å². The third kappa shape index (κ3) is 5.99. The lowest BCUT2D eigenvalue weighted by molar-refractivity contribution is 0.405. The maximum absolute atomic E-state index is 5.31. The van der Waals surface area contributed by atoms with Crippen LogP contribution < -0.4 is 10.1 Å². The Bertz CT molecular complexity index is 304. The van der Waals surface area contributed by atoms with Crippen LogP contribution in [0.2, 0.25) is 0 Å². The van der Waals surface area contributed by atoms with Crippen molar-refractivity contribution in [1.82, 2.24) is 5.32 Å². The van der Waals surface area contributed by atoms with Crippen molar-refractivity contribution in [3.63, 3.8) is 0 Å². The number of ether oxygens (including phenoxy) is 1. The van der Waals surface area contributed by atoms with E-state index < -0.39 is 0 Å². The van der Waals surface area contributed by atoms with E-state index in [9.17, 15) is 0 Å². The summed E-state index contributed by atoms with van der Waals surface area (Å²) in [4.78, 5) is 1.23. The topological polar surface area (TPSA) is 21.3 Å². The number of rotatable bonds is 9. The first-order chi connectivity index (χ1) is 8.38. The summed E-state index contributed by atoms with van der Waals surface area (Å²) < 4.78 is 5.31. The van der Waals surface area contributed by atoms with Gasteiger partial charge in [0, 0.05) is 17.2 Å². The Balaban J connectivity index is 2.13. The fraction of sp³-hybridized carbons (Fsp3) is 0.571. The Hall–Kier alpha value is -0.670. The SMILES string of the molecule is CCCCCNCCSc1ccccc1OC. The van der Waals surface area contributed by atoms with Gasteiger partial charge in [0.05, 0.1) is 7.11 Å². The van der Waals surface area contributed by atoms with Gasteiger partial charge in [0.15, 0.2) is 0 Å². The Morgan fingerprint density at radius 1 is 1.18 bits per heavy atom. The van der Waals surface area contributed by atoms with Gasteiger partial charge in [-0.2, -0.15) is 0 Å². The molecule has 3 heteroatoms. The van der Waals surface area contributed by atoms with Crippen LogP contribution in [0.4, 0.5) is 0 Å². The Kier molecular flexibility index (Phi) is 7.93. The van der Waals surface area contributed by atoms with E-state index >= 15 is 0 Å². The van der Waals surface area contributed by atoms with E-state index in [-0.39, 0.29) is 0 Å². The summed E-state index contributed by atoms with van der Waals surface area (Å²) >= 11 is 1.85. The van der Waals surface area contributed by atoms with Crippen LogP contribution in [0.3, 0.4) is 0 Å². The van der Waals surface area contributed by atoms with E-state index in [0.717, 1.165) is 24.6 Å². The number of thioether (sulfide) groups is 1. The summed E-state index contributed by atoms with van der Waals surface area (Å²) in [5.41, 5.74) is 0. The zero-order chi connectivity index (χ0) is 12.3. The number of nitrogens with one attached hydrogen (secondary N) is 1. The number of para-hydroxylation sites is 1. The van der Waals surface area contributed by atoms with Gasteiger partial charge in [0.25, 0.3) is 0 Å². The third-order valence-electron chi connectivity index (χ3n) is 2.56. The summed E-state index contributed by atoms with van der Waals surface area (Å²) in [7, 11) is 1.72. The van der Waals surface area contributed by atoms with Crippen LogP contribution in [0.5, 0.6) is 5.75 Å². The van der Waals surface area contributed by atoms with Crippen LogP contribution in [0.15, 0.2) is 29.2 Å². The monoisotopic (exact) mass is 253 g/mol. The summed E-state index contributed by atoms with van der Waals surface area (Å²) in [5.74, 6) is 2.07. The van der Waals surface area contributed by atoms with Crippen molar-refractivity contribution in [2.45, 2.75) is 31.1 Å². The first-order valence-electron chi connectivity index (χ1n) is 6.35. The molecule has 0 aliphatic rings. The second-order valence-electron chi connectivity index (χ2n) is 3.96. The van der Waals surface area contributed by atoms with E-state index in [2.05, 4.69) is 24.4 Å². The fourth-order valence-electron chi connectivity index (χ4n) is 1.60. The van der Waals surface area contributed by atoms with Crippen molar-refractivity contribution in [3.8, 4) is 5.75 Å². The highest BCUT2D eigenvalue weighted by atomic mass is 32.2. The van der Waals surface area contributed by atoms with Gasteiger partial charge in [-0.1, -0.05) is 31.9 Å².